The molecular weight excluding hydrogens is 164 g/mol. The molecule has 0 fully saturated rings. The standard InChI is InChI=1S/C9H16N4/c1-5(2)11-9-6(3)8(10)12-7(4)13-9/h5H,1-4H3,(H3,10,11,12,13). The summed E-state index contributed by atoms with van der Waals surface area (Å²) in [6.07, 6.45) is 0. The maximum absolute atomic E-state index is 5.71. The van der Waals surface area contributed by atoms with Gasteiger partial charge in [0.2, 0.25) is 0 Å². The van der Waals surface area contributed by atoms with Crippen LogP contribution in [0.15, 0.2) is 0 Å². The average Bonchev–Trinajstić information content (AvgIpc) is 1.98. The number of rotatable bonds is 2. The number of nitrogens with two attached hydrogens (primary N) is 1. The van der Waals surface area contributed by atoms with E-state index in [2.05, 4.69) is 29.1 Å². The minimum Gasteiger partial charge on any atom is -0.383 e. The maximum Gasteiger partial charge on any atom is 0.134 e. The first kappa shape index (κ1) is 9.77. The highest BCUT2D eigenvalue weighted by atomic mass is 15.1. The van der Waals surface area contributed by atoms with Crippen LogP contribution in [0.2, 0.25) is 0 Å². The van der Waals surface area contributed by atoms with Crippen LogP contribution in [-0.4, -0.2) is 16.0 Å². The Kier molecular flexibility index (Phi) is 2.70. The lowest BCUT2D eigenvalue weighted by Crippen LogP contribution is -2.14. The van der Waals surface area contributed by atoms with E-state index in [1.54, 1.807) is 0 Å². The first-order chi connectivity index (χ1) is 6.00. The van der Waals surface area contributed by atoms with Crippen molar-refractivity contribution < 1.29 is 0 Å². The minimum atomic E-state index is 0.354. The largest absolute Gasteiger partial charge is 0.383 e. The van der Waals surface area contributed by atoms with Gasteiger partial charge >= 0.3 is 0 Å². The first-order valence-electron chi connectivity index (χ1n) is 4.38. The van der Waals surface area contributed by atoms with Gasteiger partial charge in [-0.1, -0.05) is 0 Å². The van der Waals surface area contributed by atoms with Crippen LogP contribution in [-0.2, 0) is 0 Å². The van der Waals surface area contributed by atoms with Gasteiger partial charge in [0, 0.05) is 11.6 Å². The zero-order valence-corrected chi connectivity index (χ0v) is 8.55. The van der Waals surface area contributed by atoms with Crippen molar-refractivity contribution in [3.63, 3.8) is 0 Å². The topological polar surface area (TPSA) is 63.8 Å². The van der Waals surface area contributed by atoms with E-state index < -0.39 is 0 Å². The third-order valence-electron chi connectivity index (χ3n) is 1.72. The molecule has 0 saturated heterocycles. The predicted octanol–water partition coefficient (Wildman–Crippen LogP) is 1.50. The van der Waals surface area contributed by atoms with Crippen molar-refractivity contribution in [3.05, 3.63) is 11.4 Å². The van der Waals surface area contributed by atoms with Crippen LogP contribution in [0.5, 0.6) is 0 Å². The molecule has 0 bridgehead atoms. The molecule has 0 aromatic carbocycles. The van der Waals surface area contributed by atoms with Crippen LogP contribution in [0.1, 0.15) is 25.2 Å². The lowest BCUT2D eigenvalue weighted by molar-refractivity contribution is 0.877. The summed E-state index contributed by atoms with van der Waals surface area (Å²) in [4.78, 5) is 8.34. The Balaban J connectivity index is 3.05. The Morgan fingerprint density at radius 2 is 1.85 bits per heavy atom. The fraction of sp³-hybridized carbons (Fsp3) is 0.556. The summed E-state index contributed by atoms with van der Waals surface area (Å²) in [5.74, 6) is 2.09. The van der Waals surface area contributed by atoms with E-state index in [-0.39, 0.29) is 0 Å². The van der Waals surface area contributed by atoms with Crippen LogP contribution in [0, 0.1) is 13.8 Å². The fourth-order valence-corrected chi connectivity index (χ4v) is 1.06. The summed E-state index contributed by atoms with van der Waals surface area (Å²) in [6.45, 7) is 7.88. The van der Waals surface area contributed by atoms with Crippen molar-refractivity contribution in [2.24, 2.45) is 0 Å². The van der Waals surface area contributed by atoms with Crippen LogP contribution < -0.4 is 11.1 Å². The molecule has 0 amide bonds. The van der Waals surface area contributed by atoms with Crippen molar-refractivity contribution in [1.29, 1.82) is 0 Å². The molecule has 0 aliphatic rings. The molecule has 0 atom stereocenters. The van der Waals surface area contributed by atoms with Gasteiger partial charge in [0.05, 0.1) is 0 Å². The molecule has 1 aromatic heterocycles. The Bertz CT molecular complexity index is 307. The van der Waals surface area contributed by atoms with Gasteiger partial charge in [-0.2, -0.15) is 0 Å². The van der Waals surface area contributed by atoms with Crippen molar-refractivity contribution >= 4 is 11.6 Å². The number of nitrogens with zero attached hydrogens (tertiary/aromatic N) is 2. The van der Waals surface area contributed by atoms with Gasteiger partial charge in [-0.05, 0) is 27.7 Å². The SMILES string of the molecule is Cc1nc(N)c(C)c(NC(C)C)n1. The average molecular weight is 180 g/mol. The molecule has 4 heteroatoms. The molecule has 1 heterocycles. The van der Waals surface area contributed by atoms with Gasteiger partial charge in [-0.25, -0.2) is 9.97 Å². The van der Waals surface area contributed by atoms with Crippen molar-refractivity contribution in [1.82, 2.24) is 9.97 Å². The fourth-order valence-electron chi connectivity index (χ4n) is 1.06. The Morgan fingerprint density at radius 3 is 2.38 bits per heavy atom. The molecule has 0 aliphatic heterocycles. The van der Waals surface area contributed by atoms with Crippen LogP contribution in [0.25, 0.3) is 0 Å². The monoisotopic (exact) mass is 180 g/mol. The number of aryl methyl sites for hydroxylation is 1. The summed E-state index contributed by atoms with van der Waals surface area (Å²) < 4.78 is 0. The normalized spacial score (nSPS) is 10.5. The van der Waals surface area contributed by atoms with E-state index in [1.807, 2.05) is 13.8 Å². The maximum atomic E-state index is 5.71. The van der Waals surface area contributed by atoms with Gasteiger partial charge in [-0.3, -0.25) is 0 Å². The van der Waals surface area contributed by atoms with Gasteiger partial charge in [-0.15, -0.1) is 0 Å². The summed E-state index contributed by atoms with van der Waals surface area (Å²) in [7, 11) is 0. The molecule has 4 nitrogen and oxygen atoms in total. The molecule has 3 N–H and O–H groups in total. The van der Waals surface area contributed by atoms with Gasteiger partial charge in [0.25, 0.3) is 0 Å². The molecule has 72 valence electrons. The molecule has 0 unspecified atom stereocenters. The lowest BCUT2D eigenvalue weighted by Gasteiger charge is -2.12. The van der Waals surface area contributed by atoms with E-state index in [9.17, 15) is 0 Å². The second-order valence-electron chi connectivity index (χ2n) is 3.43. The zero-order chi connectivity index (χ0) is 10.0. The van der Waals surface area contributed by atoms with Crippen molar-refractivity contribution in [3.8, 4) is 0 Å². The molecular formula is C9H16N4. The highest BCUT2D eigenvalue weighted by Gasteiger charge is 2.06. The highest BCUT2D eigenvalue weighted by Crippen LogP contribution is 2.17. The van der Waals surface area contributed by atoms with Crippen molar-refractivity contribution in [2.45, 2.75) is 33.7 Å². The predicted molar refractivity (Wildman–Crippen MR) is 54.7 cm³/mol. The summed E-state index contributed by atoms with van der Waals surface area (Å²) >= 11 is 0. The lowest BCUT2D eigenvalue weighted by atomic mass is 10.3. The molecule has 0 radical (unpaired) electrons. The third kappa shape index (κ3) is 2.31. The smallest absolute Gasteiger partial charge is 0.134 e. The van der Waals surface area contributed by atoms with Crippen molar-refractivity contribution in [2.75, 3.05) is 11.1 Å². The molecule has 1 aromatic rings. The number of hydrogen-bond donors (Lipinski definition) is 2. The Morgan fingerprint density at radius 1 is 1.23 bits per heavy atom. The van der Waals surface area contributed by atoms with Crippen LogP contribution in [0.3, 0.4) is 0 Å². The number of nitrogens with one attached hydrogen (secondary N) is 1. The van der Waals surface area contributed by atoms with Crippen LogP contribution in [0.4, 0.5) is 11.6 Å². The van der Waals surface area contributed by atoms with E-state index in [1.165, 1.54) is 0 Å². The second kappa shape index (κ2) is 3.60. The summed E-state index contributed by atoms with van der Waals surface area (Å²) in [5.41, 5.74) is 6.62. The number of hydrogen-bond acceptors (Lipinski definition) is 4. The minimum absolute atomic E-state index is 0.354. The summed E-state index contributed by atoms with van der Waals surface area (Å²) in [5, 5.41) is 3.22. The third-order valence-corrected chi connectivity index (χ3v) is 1.72. The second-order valence-corrected chi connectivity index (χ2v) is 3.43. The molecule has 0 saturated carbocycles. The van der Waals surface area contributed by atoms with E-state index in [0.29, 0.717) is 17.7 Å². The molecule has 1 rings (SSSR count). The zero-order valence-electron chi connectivity index (χ0n) is 8.55. The number of nitrogen functional groups attached to an aromatic ring is 1. The van der Waals surface area contributed by atoms with E-state index in [0.717, 1.165) is 11.4 Å². The number of aromatic nitrogens is 2. The van der Waals surface area contributed by atoms with Gasteiger partial charge in [0.1, 0.15) is 17.5 Å². The Labute approximate surface area is 78.6 Å². The first-order valence-corrected chi connectivity index (χ1v) is 4.38. The Hall–Kier alpha value is -1.32. The van der Waals surface area contributed by atoms with Gasteiger partial charge < -0.3 is 11.1 Å². The van der Waals surface area contributed by atoms with Crippen LogP contribution >= 0.6 is 0 Å². The molecule has 13 heavy (non-hydrogen) atoms. The molecule has 0 spiro atoms. The summed E-state index contributed by atoms with van der Waals surface area (Å²) in [6, 6.07) is 0.354. The quantitative estimate of drug-likeness (QED) is 0.723. The molecule has 0 aliphatic carbocycles. The van der Waals surface area contributed by atoms with E-state index in [4.69, 9.17) is 5.73 Å². The van der Waals surface area contributed by atoms with Gasteiger partial charge in [0.15, 0.2) is 0 Å². The van der Waals surface area contributed by atoms with E-state index >= 15 is 0 Å². The highest BCUT2D eigenvalue weighted by molar-refractivity contribution is 5.54. The number of anilines is 2.